The zero-order valence-corrected chi connectivity index (χ0v) is 19.7. The molecular weight excluding hydrogens is 456 g/mol. The second-order valence-corrected chi connectivity index (χ2v) is 11.3. The maximum Gasteiger partial charge on any atom is 0.264 e. The molecule has 1 aromatic heterocycles. The minimum atomic E-state index is -3.77. The normalized spacial score (nSPS) is 16.7. The number of hydrogen-bond acceptors (Lipinski definition) is 7. The number of fused-ring (bicyclic) bond motifs is 1. The summed E-state index contributed by atoms with van der Waals surface area (Å²) < 4.78 is 29.3. The number of benzene rings is 2. The Balaban J connectivity index is 1.49. The molecule has 4 rings (SSSR count). The van der Waals surface area contributed by atoms with Gasteiger partial charge in [0.2, 0.25) is 0 Å². The van der Waals surface area contributed by atoms with Crippen LogP contribution in [0.1, 0.15) is 30.0 Å². The van der Waals surface area contributed by atoms with E-state index in [-0.39, 0.29) is 13.0 Å². The summed E-state index contributed by atoms with van der Waals surface area (Å²) in [5, 5.41) is 14.2. The summed E-state index contributed by atoms with van der Waals surface area (Å²) >= 11 is 0. The molecule has 10 heteroatoms. The second kappa shape index (κ2) is 8.85. The maximum atomic E-state index is 12.1. The highest BCUT2D eigenvalue weighted by molar-refractivity contribution is 7.92. The van der Waals surface area contributed by atoms with E-state index < -0.39 is 26.0 Å². The first-order chi connectivity index (χ1) is 16.0. The molecule has 0 radical (unpaired) electrons. The summed E-state index contributed by atoms with van der Waals surface area (Å²) in [5.74, 6) is 5.32. The molecule has 1 aliphatic heterocycles. The highest BCUT2D eigenvalue weighted by atomic mass is 32.2. The number of sulfone groups is 1. The topological polar surface area (TPSA) is 137 Å². The lowest BCUT2D eigenvalue weighted by atomic mass is 9.89. The maximum absolute atomic E-state index is 12.1. The van der Waals surface area contributed by atoms with E-state index in [9.17, 15) is 13.2 Å². The van der Waals surface area contributed by atoms with Crippen molar-refractivity contribution in [3.05, 3.63) is 65.4 Å². The van der Waals surface area contributed by atoms with E-state index >= 15 is 0 Å². The quantitative estimate of drug-likeness (QED) is 0.274. The fourth-order valence-corrected chi connectivity index (χ4v) is 4.55. The highest BCUT2D eigenvalue weighted by Crippen LogP contribution is 2.26. The predicted octanol–water partition coefficient (Wildman–Crippen LogP) is 1.32. The number of hydrogen-bond donors (Lipinski definition) is 3. The van der Waals surface area contributed by atoms with Crippen molar-refractivity contribution < 1.29 is 23.2 Å². The standard InChI is InChI=1S/C24H26N4O5S/c1-23(22(29)27-30,34(2,31)32)11-12-28-14-19-13-18(7-10-21(19)26-28)4-3-17-5-8-20(9-6-17)24(25)15-33-16-24/h5-10,13-14,30H,11-12,15-16,25H2,1-2H3,(H,27,29). The minimum absolute atomic E-state index is 0.0505. The number of nitrogens with two attached hydrogens (primary N) is 1. The van der Waals surface area contributed by atoms with Gasteiger partial charge in [-0.25, -0.2) is 13.9 Å². The first-order valence-electron chi connectivity index (χ1n) is 10.6. The van der Waals surface area contributed by atoms with Crippen molar-refractivity contribution in [2.24, 2.45) is 5.73 Å². The molecular formula is C24H26N4O5S. The molecule has 34 heavy (non-hydrogen) atoms. The molecule has 2 aromatic carbocycles. The van der Waals surface area contributed by atoms with E-state index in [4.69, 9.17) is 15.7 Å². The Morgan fingerprint density at radius 3 is 2.47 bits per heavy atom. The zero-order chi connectivity index (χ0) is 24.6. The monoisotopic (exact) mass is 482 g/mol. The van der Waals surface area contributed by atoms with Gasteiger partial charge in [0.15, 0.2) is 14.6 Å². The van der Waals surface area contributed by atoms with E-state index in [1.165, 1.54) is 12.4 Å². The van der Waals surface area contributed by atoms with Crippen LogP contribution in [0.5, 0.6) is 0 Å². The van der Waals surface area contributed by atoms with Crippen LogP contribution >= 0.6 is 0 Å². The van der Waals surface area contributed by atoms with Gasteiger partial charge in [-0.1, -0.05) is 24.0 Å². The minimum Gasteiger partial charge on any atom is -0.377 e. The van der Waals surface area contributed by atoms with Crippen LogP contribution < -0.4 is 11.2 Å². The molecule has 0 bridgehead atoms. The van der Waals surface area contributed by atoms with Gasteiger partial charge in [-0.05, 0) is 49.2 Å². The van der Waals surface area contributed by atoms with Gasteiger partial charge >= 0.3 is 0 Å². The van der Waals surface area contributed by atoms with Crippen molar-refractivity contribution in [1.29, 1.82) is 0 Å². The first-order valence-corrected chi connectivity index (χ1v) is 12.5. The zero-order valence-electron chi connectivity index (χ0n) is 18.9. The summed E-state index contributed by atoms with van der Waals surface area (Å²) in [7, 11) is -3.77. The predicted molar refractivity (Wildman–Crippen MR) is 127 cm³/mol. The fraction of sp³-hybridized carbons (Fsp3) is 0.333. The second-order valence-electron chi connectivity index (χ2n) is 8.84. The molecule has 9 nitrogen and oxygen atoms in total. The fourth-order valence-electron chi connectivity index (χ4n) is 3.70. The number of aromatic nitrogens is 2. The third kappa shape index (κ3) is 4.56. The van der Waals surface area contributed by atoms with Crippen LogP contribution in [0.3, 0.4) is 0 Å². The number of carbonyl (C=O) groups is 1. The molecule has 3 aromatic rings. The number of aryl methyl sites for hydroxylation is 1. The largest absolute Gasteiger partial charge is 0.377 e. The van der Waals surface area contributed by atoms with Crippen LogP contribution in [0, 0.1) is 11.8 Å². The van der Waals surface area contributed by atoms with Crippen LogP contribution in [0.4, 0.5) is 0 Å². The van der Waals surface area contributed by atoms with Gasteiger partial charge in [-0.2, -0.15) is 5.10 Å². The SMILES string of the molecule is CC(CCn1cc2cc(C#Cc3ccc(C4(N)COC4)cc3)ccc2n1)(C(=O)NO)S(C)(=O)=O. The molecule has 1 saturated heterocycles. The lowest BCUT2D eigenvalue weighted by Crippen LogP contribution is -2.54. The van der Waals surface area contributed by atoms with Gasteiger partial charge in [0, 0.05) is 35.5 Å². The molecule has 1 atom stereocenters. The Morgan fingerprint density at radius 2 is 1.88 bits per heavy atom. The summed E-state index contributed by atoms with van der Waals surface area (Å²) in [6, 6.07) is 13.4. The number of hydroxylamine groups is 1. The van der Waals surface area contributed by atoms with Crippen LogP contribution in [0.2, 0.25) is 0 Å². The number of carbonyl (C=O) groups excluding carboxylic acids is 1. The number of amides is 1. The van der Waals surface area contributed by atoms with Crippen LogP contribution in [-0.2, 0) is 31.5 Å². The van der Waals surface area contributed by atoms with E-state index in [0.29, 0.717) is 13.2 Å². The molecule has 0 aliphatic carbocycles. The van der Waals surface area contributed by atoms with Gasteiger partial charge in [0.1, 0.15) is 0 Å². The van der Waals surface area contributed by atoms with Crippen LogP contribution in [0.15, 0.2) is 48.7 Å². The molecule has 2 heterocycles. The van der Waals surface area contributed by atoms with E-state index in [1.54, 1.807) is 10.9 Å². The first kappa shape index (κ1) is 23.9. The van der Waals surface area contributed by atoms with Gasteiger partial charge in [-0.3, -0.25) is 14.7 Å². The van der Waals surface area contributed by atoms with E-state index in [0.717, 1.165) is 33.8 Å². The van der Waals surface area contributed by atoms with Crippen LogP contribution in [-0.4, -0.2) is 53.5 Å². The van der Waals surface area contributed by atoms with Gasteiger partial charge in [0.25, 0.3) is 5.91 Å². The Labute approximate surface area is 197 Å². The van der Waals surface area contributed by atoms with Crippen LogP contribution in [0.25, 0.3) is 10.9 Å². The van der Waals surface area contributed by atoms with Crippen molar-refractivity contribution in [3.8, 4) is 11.8 Å². The van der Waals surface area contributed by atoms with Crippen molar-refractivity contribution in [2.45, 2.75) is 30.2 Å². The molecule has 0 spiro atoms. The average Bonchev–Trinajstić information content (AvgIpc) is 3.21. The van der Waals surface area contributed by atoms with E-state index in [2.05, 4.69) is 16.9 Å². The molecule has 0 saturated carbocycles. The molecule has 1 unspecified atom stereocenters. The summed E-state index contributed by atoms with van der Waals surface area (Å²) in [4.78, 5) is 12.0. The lowest BCUT2D eigenvalue weighted by molar-refractivity contribution is -0.131. The average molecular weight is 483 g/mol. The van der Waals surface area contributed by atoms with Crippen molar-refractivity contribution in [3.63, 3.8) is 0 Å². The Kier molecular flexibility index (Phi) is 6.22. The molecule has 178 valence electrons. The van der Waals surface area contributed by atoms with Gasteiger partial charge in [-0.15, -0.1) is 0 Å². The molecule has 1 fully saturated rings. The number of rotatable bonds is 6. The lowest BCUT2D eigenvalue weighted by Gasteiger charge is -2.38. The van der Waals surface area contributed by atoms with Gasteiger partial charge in [0.05, 0.1) is 24.3 Å². The molecule has 4 N–H and O–H groups in total. The van der Waals surface area contributed by atoms with Crippen molar-refractivity contribution >= 4 is 26.6 Å². The highest BCUT2D eigenvalue weighted by Gasteiger charge is 2.43. The van der Waals surface area contributed by atoms with Crippen molar-refractivity contribution in [2.75, 3.05) is 19.5 Å². The summed E-state index contributed by atoms with van der Waals surface area (Å²) in [6.07, 6.45) is 2.69. The number of ether oxygens (including phenoxy) is 1. The number of nitrogens with one attached hydrogen (secondary N) is 1. The summed E-state index contributed by atoms with van der Waals surface area (Å²) in [5.41, 5.74) is 10.7. The van der Waals surface area contributed by atoms with E-state index in [1.807, 2.05) is 42.5 Å². The summed E-state index contributed by atoms with van der Waals surface area (Å²) in [6.45, 7) is 2.50. The van der Waals surface area contributed by atoms with Gasteiger partial charge < -0.3 is 10.5 Å². The third-order valence-electron chi connectivity index (χ3n) is 6.30. The molecule has 1 amide bonds. The van der Waals surface area contributed by atoms with Crippen molar-refractivity contribution in [1.82, 2.24) is 15.3 Å². The third-order valence-corrected chi connectivity index (χ3v) is 8.33. The number of nitrogens with zero attached hydrogens (tertiary/aromatic N) is 2. The molecule has 1 aliphatic rings. The smallest absolute Gasteiger partial charge is 0.264 e. The Morgan fingerprint density at radius 1 is 1.24 bits per heavy atom. The Bertz CT molecular complexity index is 1400. The Hall–Kier alpha value is -3.23.